The molecule has 0 aromatic rings. The first-order valence-corrected chi connectivity index (χ1v) is 13.5. The van der Waals surface area contributed by atoms with Gasteiger partial charge in [-0.15, -0.1) is 0 Å². The molecule has 0 heterocycles. The van der Waals surface area contributed by atoms with E-state index in [1.807, 2.05) is 12.2 Å². The molecule has 2 unspecified atom stereocenters. The molecule has 0 radical (unpaired) electrons. The average Bonchev–Trinajstić information content (AvgIpc) is 2.91. The number of nitrogens with one attached hydrogen (secondary N) is 2. The van der Waals surface area contributed by atoms with Crippen LogP contribution < -0.4 is 10.6 Å². The monoisotopic (exact) mass is 492 g/mol. The number of esters is 1. The molecule has 4 aliphatic carbocycles. The van der Waals surface area contributed by atoms with Gasteiger partial charge in [0.1, 0.15) is 0 Å². The van der Waals surface area contributed by atoms with E-state index in [1.165, 1.54) is 30.4 Å². The highest BCUT2D eigenvalue weighted by Crippen LogP contribution is 2.36. The van der Waals surface area contributed by atoms with Crippen LogP contribution in [0.1, 0.15) is 52.4 Å². The summed E-state index contributed by atoms with van der Waals surface area (Å²) in [6, 6.07) is -0.238. The van der Waals surface area contributed by atoms with Gasteiger partial charge >= 0.3 is 5.97 Å². The van der Waals surface area contributed by atoms with Crippen LogP contribution in [-0.2, 0) is 14.3 Å². The molecule has 0 spiro atoms. The van der Waals surface area contributed by atoms with Crippen LogP contribution in [0, 0.1) is 17.8 Å². The molecule has 6 heteroatoms. The lowest BCUT2D eigenvalue weighted by atomic mass is 9.74. The topological polar surface area (TPSA) is 87.7 Å². The molecule has 194 valence electrons. The van der Waals surface area contributed by atoms with Gasteiger partial charge in [0.05, 0.1) is 13.2 Å². The van der Waals surface area contributed by atoms with E-state index >= 15 is 0 Å². The molecule has 4 aliphatic rings. The second-order valence-corrected chi connectivity index (χ2v) is 10.3. The largest absolute Gasteiger partial charge is 0.464 e. The minimum absolute atomic E-state index is 0.204. The van der Waals surface area contributed by atoms with Crippen molar-refractivity contribution in [1.29, 1.82) is 0 Å². The Bertz CT molecular complexity index is 1000. The minimum atomic E-state index is -1.04. The van der Waals surface area contributed by atoms with E-state index in [1.54, 1.807) is 6.92 Å². The van der Waals surface area contributed by atoms with Gasteiger partial charge in [-0.2, -0.15) is 0 Å². The number of hydrogen-bond acceptors (Lipinski definition) is 5. The smallest absolute Gasteiger partial charge is 0.331 e. The second-order valence-electron chi connectivity index (χ2n) is 10.3. The van der Waals surface area contributed by atoms with Gasteiger partial charge in [0.15, 0.2) is 6.04 Å². The fourth-order valence-electron chi connectivity index (χ4n) is 5.96. The van der Waals surface area contributed by atoms with Crippen LogP contribution in [0.25, 0.3) is 0 Å². The number of fused-ring (bicyclic) bond motifs is 1. The Morgan fingerprint density at radius 1 is 1.14 bits per heavy atom. The lowest BCUT2D eigenvalue weighted by molar-refractivity contribution is -0.148. The first kappa shape index (κ1) is 26.4. The Labute approximate surface area is 214 Å². The third kappa shape index (κ3) is 6.34. The summed E-state index contributed by atoms with van der Waals surface area (Å²) in [6.45, 7) is 3.70. The molecule has 4 rings (SSSR count). The molecule has 1 saturated carbocycles. The molecule has 0 aliphatic heterocycles. The van der Waals surface area contributed by atoms with Crippen molar-refractivity contribution in [2.24, 2.45) is 17.8 Å². The van der Waals surface area contributed by atoms with Gasteiger partial charge in [0, 0.05) is 23.6 Å². The number of amides is 1. The van der Waals surface area contributed by atoms with Crippen molar-refractivity contribution in [3.8, 4) is 0 Å². The van der Waals surface area contributed by atoms with Gasteiger partial charge in [-0.1, -0.05) is 61.1 Å². The minimum Gasteiger partial charge on any atom is -0.464 e. The van der Waals surface area contributed by atoms with Crippen LogP contribution in [0.15, 0.2) is 71.4 Å². The van der Waals surface area contributed by atoms with Crippen molar-refractivity contribution >= 4 is 11.9 Å². The molecular formula is C30H40N2O4. The molecule has 6 nitrogen and oxygen atoms in total. The Balaban J connectivity index is 1.30. The molecule has 0 aromatic heterocycles. The summed E-state index contributed by atoms with van der Waals surface area (Å²) in [5, 5.41) is 15.9. The molecule has 1 fully saturated rings. The van der Waals surface area contributed by atoms with Gasteiger partial charge in [-0.05, 0) is 68.9 Å². The number of carbonyl (C=O) groups excluding carboxylic acids is 2. The highest BCUT2D eigenvalue weighted by Gasteiger charge is 2.30. The normalized spacial score (nSPS) is 28.8. The molecular weight excluding hydrogens is 452 g/mol. The maximum atomic E-state index is 12.6. The summed E-state index contributed by atoms with van der Waals surface area (Å²) in [4.78, 5) is 24.5. The molecule has 0 aromatic carbocycles. The zero-order chi connectivity index (χ0) is 25.5. The summed E-state index contributed by atoms with van der Waals surface area (Å²) in [6.07, 6.45) is 26.1. The summed E-state index contributed by atoms with van der Waals surface area (Å²) < 4.78 is 4.91. The predicted octanol–water partition coefficient (Wildman–Crippen LogP) is 4.06. The lowest BCUT2D eigenvalue weighted by Crippen LogP contribution is -2.45. The van der Waals surface area contributed by atoms with Crippen molar-refractivity contribution in [1.82, 2.24) is 10.6 Å². The van der Waals surface area contributed by atoms with Crippen molar-refractivity contribution < 1.29 is 19.4 Å². The number of allylic oxidation sites excluding steroid dienone is 8. The van der Waals surface area contributed by atoms with E-state index in [9.17, 15) is 14.7 Å². The number of aliphatic hydroxyl groups excluding tert-OH is 1. The number of rotatable bonds is 9. The summed E-state index contributed by atoms with van der Waals surface area (Å²) >= 11 is 0. The van der Waals surface area contributed by atoms with Crippen LogP contribution in [0.2, 0.25) is 0 Å². The molecule has 3 N–H and O–H groups in total. The van der Waals surface area contributed by atoms with Crippen molar-refractivity contribution in [3.63, 3.8) is 0 Å². The third-order valence-corrected chi connectivity index (χ3v) is 7.88. The van der Waals surface area contributed by atoms with E-state index in [4.69, 9.17) is 4.74 Å². The Morgan fingerprint density at radius 2 is 2.00 bits per heavy atom. The standard InChI is InChI=1S/C30H40N2O4/c1-3-36-30(35)28(19-33)32-29(34)23-16-14-21(15-17-23)24-10-6-11-25(18-24)31-20(2)26-13-7-9-22-8-4-5-12-27(22)26/h4-5,7-8,12-14,16-17,20-22,24-25,28,31,33H,3,6,9-11,15,18-19H2,1-2H3,(H,32,34)/t20-,21?,22?,24+,25+,28+/m1/s1. The maximum Gasteiger partial charge on any atom is 0.331 e. The molecule has 0 bridgehead atoms. The fraction of sp³-hybridized carbons (Fsp3) is 0.533. The first-order chi connectivity index (χ1) is 17.5. The van der Waals surface area contributed by atoms with Gasteiger partial charge in [-0.3, -0.25) is 4.79 Å². The Morgan fingerprint density at radius 3 is 2.75 bits per heavy atom. The quantitative estimate of drug-likeness (QED) is 0.423. The molecule has 0 saturated heterocycles. The predicted molar refractivity (Wildman–Crippen MR) is 142 cm³/mol. The average molecular weight is 493 g/mol. The van der Waals surface area contributed by atoms with Gasteiger partial charge in [-0.25, -0.2) is 4.79 Å². The highest BCUT2D eigenvalue weighted by atomic mass is 16.5. The molecule has 36 heavy (non-hydrogen) atoms. The van der Waals surface area contributed by atoms with Crippen LogP contribution in [0.3, 0.4) is 0 Å². The lowest BCUT2D eigenvalue weighted by Gasteiger charge is -2.37. The van der Waals surface area contributed by atoms with Crippen LogP contribution in [-0.4, -0.2) is 48.3 Å². The highest BCUT2D eigenvalue weighted by molar-refractivity contribution is 5.98. The van der Waals surface area contributed by atoms with Gasteiger partial charge < -0.3 is 20.5 Å². The van der Waals surface area contributed by atoms with Crippen LogP contribution in [0.4, 0.5) is 0 Å². The number of hydrogen-bond donors (Lipinski definition) is 3. The summed E-state index contributed by atoms with van der Waals surface area (Å²) in [5.74, 6) is 0.527. The third-order valence-electron chi connectivity index (χ3n) is 7.88. The Hall–Kier alpha value is -2.70. The van der Waals surface area contributed by atoms with Gasteiger partial charge in [0.2, 0.25) is 0 Å². The summed E-state index contributed by atoms with van der Waals surface area (Å²) in [7, 11) is 0. The number of ether oxygens (including phenoxy) is 1. The number of aliphatic hydroxyl groups is 1. The number of carbonyl (C=O) groups is 2. The second kappa shape index (κ2) is 12.5. The Kier molecular flexibility index (Phi) is 9.16. The molecule has 6 atom stereocenters. The molecule has 1 amide bonds. The van der Waals surface area contributed by atoms with Crippen molar-refractivity contribution in [3.05, 3.63) is 71.4 Å². The van der Waals surface area contributed by atoms with E-state index in [2.05, 4.69) is 60.1 Å². The van der Waals surface area contributed by atoms with Crippen LogP contribution >= 0.6 is 0 Å². The van der Waals surface area contributed by atoms with E-state index in [-0.39, 0.29) is 12.5 Å². The van der Waals surface area contributed by atoms with E-state index in [0.717, 1.165) is 19.3 Å². The van der Waals surface area contributed by atoms with E-state index in [0.29, 0.717) is 35.4 Å². The zero-order valence-electron chi connectivity index (χ0n) is 21.5. The maximum absolute atomic E-state index is 12.6. The van der Waals surface area contributed by atoms with Crippen LogP contribution in [0.5, 0.6) is 0 Å². The summed E-state index contributed by atoms with van der Waals surface area (Å²) in [5.41, 5.74) is 3.40. The zero-order valence-corrected chi connectivity index (χ0v) is 21.5. The SMILES string of the molecule is CCOC(=O)[C@H](CO)NC(=O)C1=CCC([C@H]2CCC[C@H](N[C@H](C)C3=C4C=CC=CC4CC=C3)C2)C=C1. The van der Waals surface area contributed by atoms with Crippen molar-refractivity contribution in [2.75, 3.05) is 13.2 Å². The van der Waals surface area contributed by atoms with E-state index < -0.39 is 18.6 Å². The first-order valence-electron chi connectivity index (χ1n) is 13.5. The van der Waals surface area contributed by atoms with Crippen molar-refractivity contribution in [2.45, 2.75) is 70.5 Å². The van der Waals surface area contributed by atoms with Gasteiger partial charge in [0.25, 0.3) is 5.91 Å². The fourth-order valence-corrected chi connectivity index (χ4v) is 5.96.